The van der Waals surface area contributed by atoms with Crippen molar-refractivity contribution in [3.63, 3.8) is 0 Å². The second-order valence-corrected chi connectivity index (χ2v) is 4.33. The smallest absolute Gasteiger partial charge is 0.323 e. The van der Waals surface area contributed by atoms with Gasteiger partial charge in [0.2, 0.25) is 11.9 Å². The Bertz CT molecular complexity index is 610. The molecule has 20 heavy (non-hydrogen) atoms. The molecule has 8 heteroatoms. The molecule has 0 saturated heterocycles. The van der Waals surface area contributed by atoms with Crippen molar-refractivity contribution in [2.24, 2.45) is 0 Å². The number of aromatic nitrogens is 3. The molecule has 2 rings (SSSR count). The zero-order chi connectivity index (χ0) is 14.5. The lowest BCUT2D eigenvalue weighted by Crippen LogP contribution is -2.08. The van der Waals surface area contributed by atoms with Crippen molar-refractivity contribution < 1.29 is 9.13 Å². The first-order chi connectivity index (χ1) is 9.58. The third kappa shape index (κ3) is 3.67. The SMILES string of the molecule is CCCOc1nc(N)nc(Nc2ccc(Cl)cc2F)n1. The lowest BCUT2D eigenvalue weighted by Gasteiger charge is -2.08. The van der Waals surface area contributed by atoms with E-state index in [0.29, 0.717) is 11.6 Å². The number of hydrogen-bond donors (Lipinski definition) is 2. The fourth-order valence-electron chi connectivity index (χ4n) is 1.40. The maximum atomic E-state index is 13.7. The van der Waals surface area contributed by atoms with Crippen molar-refractivity contribution in [1.29, 1.82) is 0 Å². The van der Waals surface area contributed by atoms with Crippen LogP contribution in [0.3, 0.4) is 0 Å². The maximum absolute atomic E-state index is 13.7. The Kier molecular flexibility index (Phi) is 4.52. The van der Waals surface area contributed by atoms with E-state index >= 15 is 0 Å². The summed E-state index contributed by atoms with van der Waals surface area (Å²) in [5.41, 5.74) is 5.73. The summed E-state index contributed by atoms with van der Waals surface area (Å²) >= 11 is 5.68. The van der Waals surface area contributed by atoms with Gasteiger partial charge in [0, 0.05) is 5.02 Å². The summed E-state index contributed by atoms with van der Waals surface area (Å²) in [6, 6.07) is 4.30. The van der Waals surface area contributed by atoms with Gasteiger partial charge in [-0.1, -0.05) is 18.5 Å². The van der Waals surface area contributed by atoms with Crippen LogP contribution in [0.25, 0.3) is 0 Å². The molecule has 0 atom stereocenters. The Morgan fingerprint density at radius 2 is 2.15 bits per heavy atom. The lowest BCUT2D eigenvalue weighted by molar-refractivity contribution is 0.292. The average Bonchev–Trinajstić information content (AvgIpc) is 2.39. The number of hydrogen-bond acceptors (Lipinski definition) is 6. The number of anilines is 3. The van der Waals surface area contributed by atoms with E-state index in [-0.39, 0.29) is 23.6 Å². The highest BCUT2D eigenvalue weighted by molar-refractivity contribution is 6.30. The van der Waals surface area contributed by atoms with Gasteiger partial charge in [-0.05, 0) is 24.6 Å². The number of nitrogens with zero attached hydrogens (tertiary/aromatic N) is 3. The lowest BCUT2D eigenvalue weighted by atomic mass is 10.3. The van der Waals surface area contributed by atoms with Crippen LogP contribution in [0, 0.1) is 5.82 Å². The third-order valence-electron chi connectivity index (χ3n) is 2.25. The van der Waals surface area contributed by atoms with E-state index in [9.17, 15) is 4.39 Å². The molecule has 106 valence electrons. The van der Waals surface area contributed by atoms with Crippen molar-refractivity contribution in [2.75, 3.05) is 17.7 Å². The minimum atomic E-state index is -0.521. The van der Waals surface area contributed by atoms with E-state index in [4.69, 9.17) is 22.1 Å². The monoisotopic (exact) mass is 297 g/mol. The summed E-state index contributed by atoms with van der Waals surface area (Å²) in [5, 5.41) is 3.00. The Hall–Kier alpha value is -2.15. The summed E-state index contributed by atoms with van der Waals surface area (Å²) in [5.74, 6) is -0.430. The molecule has 0 unspecified atom stereocenters. The van der Waals surface area contributed by atoms with E-state index in [1.165, 1.54) is 12.1 Å². The molecule has 6 nitrogen and oxygen atoms in total. The van der Waals surface area contributed by atoms with Gasteiger partial charge < -0.3 is 15.8 Å². The Labute approximate surface area is 120 Å². The van der Waals surface area contributed by atoms with Crippen LogP contribution in [-0.4, -0.2) is 21.6 Å². The Morgan fingerprint density at radius 1 is 1.35 bits per heavy atom. The molecule has 0 bridgehead atoms. The van der Waals surface area contributed by atoms with Crippen LogP contribution in [0.4, 0.5) is 22.0 Å². The average molecular weight is 298 g/mol. The minimum absolute atomic E-state index is 0.0111. The molecule has 0 saturated carbocycles. The molecule has 1 aromatic heterocycles. The van der Waals surface area contributed by atoms with Gasteiger partial charge in [0.05, 0.1) is 12.3 Å². The fourth-order valence-corrected chi connectivity index (χ4v) is 1.56. The van der Waals surface area contributed by atoms with Crippen molar-refractivity contribution in [3.8, 4) is 6.01 Å². The van der Waals surface area contributed by atoms with Gasteiger partial charge in [-0.3, -0.25) is 0 Å². The molecule has 0 aliphatic heterocycles. The number of nitrogen functional groups attached to an aromatic ring is 1. The molecule has 0 aliphatic carbocycles. The predicted molar refractivity (Wildman–Crippen MR) is 74.7 cm³/mol. The van der Waals surface area contributed by atoms with Gasteiger partial charge in [0.25, 0.3) is 0 Å². The zero-order valence-electron chi connectivity index (χ0n) is 10.7. The first kappa shape index (κ1) is 14.3. The Morgan fingerprint density at radius 3 is 2.85 bits per heavy atom. The van der Waals surface area contributed by atoms with Gasteiger partial charge in [0.1, 0.15) is 5.82 Å². The third-order valence-corrected chi connectivity index (χ3v) is 2.48. The van der Waals surface area contributed by atoms with Crippen LogP contribution in [-0.2, 0) is 0 Å². The van der Waals surface area contributed by atoms with E-state index in [2.05, 4.69) is 20.3 Å². The Balaban J connectivity index is 2.21. The first-order valence-corrected chi connectivity index (χ1v) is 6.32. The van der Waals surface area contributed by atoms with E-state index in [1.807, 2.05) is 6.92 Å². The number of rotatable bonds is 5. The standard InChI is InChI=1S/C12H13ClFN5O/c1-2-5-20-12-18-10(15)17-11(19-12)16-9-4-3-7(13)6-8(9)14/h3-4,6H,2,5H2,1H3,(H3,15,16,17,18,19). The van der Waals surface area contributed by atoms with Crippen LogP contribution in [0.1, 0.15) is 13.3 Å². The molecule has 0 amide bonds. The second-order valence-electron chi connectivity index (χ2n) is 3.90. The molecular formula is C12H13ClFN5O. The van der Waals surface area contributed by atoms with Gasteiger partial charge in [-0.2, -0.15) is 15.0 Å². The van der Waals surface area contributed by atoms with E-state index < -0.39 is 5.82 Å². The second kappa shape index (κ2) is 6.33. The molecule has 2 aromatic rings. The minimum Gasteiger partial charge on any atom is -0.463 e. The van der Waals surface area contributed by atoms with Crippen LogP contribution in [0.2, 0.25) is 5.02 Å². The van der Waals surface area contributed by atoms with Gasteiger partial charge >= 0.3 is 6.01 Å². The maximum Gasteiger partial charge on any atom is 0.323 e. The van der Waals surface area contributed by atoms with Crippen LogP contribution >= 0.6 is 11.6 Å². The molecule has 3 N–H and O–H groups in total. The van der Waals surface area contributed by atoms with Gasteiger partial charge in [-0.25, -0.2) is 4.39 Å². The van der Waals surface area contributed by atoms with Crippen molar-refractivity contribution >= 4 is 29.2 Å². The molecular weight excluding hydrogens is 285 g/mol. The van der Waals surface area contributed by atoms with Crippen LogP contribution in [0.5, 0.6) is 6.01 Å². The molecule has 0 aliphatic rings. The molecule has 0 radical (unpaired) electrons. The van der Waals surface area contributed by atoms with Crippen molar-refractivity contribution in [3.05, 3.63) is 29.0 Å². The highest BCUT2D eigenvalue weighted by Crippen LogP contribution is 2.22. The normalized spacial score (nSPS) is 10.3. The zero-order valence-corrected chi connectivity index (χ0v) is 11.5. The highest BCUT2D eigenvalue weighted by Gasteiger charge is 2.08. The number of halogens is 2. The van der Waals surface area contributed by atoms with E-state index in [1.54, 1.807) is 6.07 Å². The summed E-state index contributed by atoms with van der Waals surface area (Å²) in [6.45, 7) is 2.41. The molecule has 0 spiro atoms. The first-order valence-electron chi connectivity index (χ1n) is 5.95. The summed E-state index contributed by atoms with van der Waals surface area (Å²) < 4.78 is 18.9. The number of nitrogens with two attached hydrogens (primary N) is 1. The van der Waals surface area contributed by atoms with Crippen LogP contribution in [0.15, 0.2) is 18.2 Å². The fraction of sp³-hybridized carbons (Fsp3) is 0.250. The van der Waals surface area contributed by atoms with Gasteiger partial charge in [-0.15, -0.1) is 0 Å². The summed E-state index contributed by atoms with van der Waals surface area (Å²) in [4.78, 5) is 11.7. The summed E-state index contributed by atoms with van der Waals surface area (Å²) in [7, 11) is 0. The number of nitrogens with one attached hydrogen (secondary N) is 1. The largest absolute Gasteiger partial charge is 0.463 e. The van der Waals surface area contributed by atoms with Gasteiger partial charge in [0.15, 0.2) is 0 Å². The summed E-state index contributed by atoms with van der Waals surface area (Å²) in [6.07, 6.45) is 0.806. The quantitative estimate of drug-likeness (QED) is 0.882. The molecule has 1 aromatic carbocycles. The topological polar surface area (TPSA) is 86.0 Å². The van der Waals surface area contributed by atoms with Crippen LogP contribution < -0.4 is 15.8 Å². The number of ether oxygens (including phenoxy) is 1. The van der Waals surface area contributed by atoms with Crippen molar-refractivity contribution in [1.82, 2.24) is 15.0 Å². The van der Waals surface area contributed by atoms with Crippen molar-refractivity contribution in [2.45, 2.75) is 13.3 Å². The molecule has 0 fully saturated rings. The molecule has 1 heterocycles. The number of benzene rings is 1. The van der Waals surface area contributed by atoms with E-state index in [0.717, 1.165) is 6.42 Å². The highest BCUT2D eigenvalue weighted by atomic mass is 35.5. The predicted octanol–water partition coefficient (Wildman–Crippen LogP) is 2.78.